The van der Waals surface area contributed by atoms with Gasteiger partial charge < -0.3 is 9.64 Å². The minimum absolute atomic E-state index is 0.181. The summed E-state index contributed by atoms with van der Waals surface area (Å²) in [6, 6.07) is 1.15. The number of halogens is 4. The summed E-state index contributed by atoms with van der Waals surface area (Å²) in [6.07, 6.45) is -4.63. The minimum Gasteiger partial charge on any atom is -0.476 e. The fourth-order valence-corrected chi connectivity index (χ4v) is 1.10. The van der Waals surface area contributed by atoms with E-state index in [2.05, 4.69) is 9.97 Å². The molecule has 4 nitrogen and oxygen atoms in total. The summed E-state index contributed by atoms with van der Waals surface area (Å²) in [4.78, 5) is 8.15. The molecule has 0 saturated carbocycles. The highest BCUT2D eigenvalue weighted by molar-refractivity contribution is 6.29. The van der Waals surface area contributed by atoms with Gasteiger partial charge in [0, 0.05) is 12.6 Å². The number of aromatic nitrogens is 2. The zero-order valence-electron chi connectivity index (χ0n) is 9.25. The van der Waals surface area contributed by atoms with Crippen molar-refractivity contribution < 1.29 is 17.9 Å². The number of hydrogen-bond acceptors (Lipinski definition) is 4. The molecule has 17 heavy (non-hydrogen) atoms. The Balaban J connectivity index is 2.76. The smallest absolute Gasteiger partial charge is 0.451 e. The quantitative estimate of drug-likeness (QED) is 0.785. The predicted molar refractivity (Wildman–Crippen MR) is 56.1 cm³/mol. The largest absolute Gasteiger partial charge is 0.476 e. The Morgan fingerprint density at radius 2 is 2.00 bits per heavy atom. The summed E-state index contributed by atoms with van der Waals surface area (Å²) < 4.78 is 42.1. The van der Waals surface area contributed by atoms with Crippen LogP contribution in [0.5, 0.6) is 5.88 Å². The molecule has 0 aliphatic heterocycles. The summed E-state index contributed by atoms with van der Waals surface area (Å²) >= 11 is 5.46. The third kappa shape index (κ3) is 4.74. The van der Waals surface area contributed by atoms with E-state index in [4.69, 9.17) is 16.3 Å². The van der Waals surface area contributed by atoms with Gasteiger partial charge in [-0.15, -0.1) is 0 Å². The minimum atomic E-state index is -4.63. The lowest BCUT2D eigenvalue weighted by atomic mass is 10.5. The number of ether oxygens (including phenoxy) is 1. The summed E-state index contributed by atoms with van der Waals surface area (Å²) in [7, 11) is 3.63. The van der Waals surface area contributed by atoms with Gasteiger partial charge in [-0.2, -0.15) is 18.2 Å². The summed E-state index contributed by atoms with van der Waals surface area (Å²) in [5.74, 6) is -1.48. The van der Waals surface area contributed by atoms with E-state index >= 15 is 0 Å². The second kappa shape index (κ2) is 5.50. The molecule has 0 saturated heterocycles. The Labute approximate surface area is 101 Å². The maximum absolute atomic E-state index is 12.4. The first kappa shape index (κ1) is 14.0. The van der Waals surface area contributed by atoms with Crippen LogP contribution in [0.15, 0.2) is 6.07 Å². The van der Waals surface area contributed by atoms with E-state index in [0.29, 0.717) is 6.54 Å². The lowest BCUT2D eigenvalue weighted by Crippen LogP contribution is -2.20. The topological polar surface area (TPSA) is 38.2 Å². The van der Waals surface area contributed by atoms with Crippen LogP contribution in [0.3, 0.4) is 0 Å². The number of rotatable bonds is 4. The van der Waals surface area contributed by atoms with Gasteiger partial charge in [0.05, 0.1) is 0 Å². The Morgan fingerprint density at radius 3 is 2.53 bits per heavy atom. The van der Waals surface area contributed by atoms with Crippen molar-refractivity contribution in [3.63, 3.8) is 0 Å². The van der Waals surface area contributed by atoms with Gasteiger partial charge in [-0.3, -0.25) is 0 Å². The molecule has 1 heterocycles. The van der Waals surface area contributed by atoms with Crippen molar-refractivity contribution in [2.45, 2.75) is 6.18 Å². The molecule has 0 aliphatic rings. The fourth-order valence-electron chi connectivity index (χ4n) is 0.930. The molecule has 1 aromatic heterocycles. The summed E-state index contributed by atoms with van der Waals surface area (Å²) in [6.45, 7) is 0.778. The molecule has 0 amide bonds. The first-order valence-electron chi connectivity index (χ1n) is 4.68. The summed E-state index contributed by atoms with van der Waals surface area (Å²) in [5.41, 5.74) is 0. The van der Waals surface area contributed by atoms with Crippen LogP contribution >= 0.6 is 11.6 Å². The van der Waals surface area contributed by atoms with E-state index in [0.717, 1.165) is 6.07 Å². The summed E-state index contributed by atoms with van der Waals surface area (Å²) in [5, 5.41) is -0.299. The van der Waals surface area contributed by atoms with E-state index in [1.807, 2.05) is 19.0 Å². The average molecular weight is 270 g/mol. The average Bonchev–Trinajstić information content (AvgIpc) is 2.14. The number of likely N-dealkylation sites (N-methyl/N-ethyl adjacent to an activating group) is 1. The van der Waals surface area contributed by atoms with Crippen LogP contribution in [0.2, 0.25) is 5.15 Å². The van der Waals surface area contributed by atoms with E-state index in [1.165, 1.54) is 0 Å². The van der Waals surface area contributed by atoms with Gasteiger partial charge >= 0.3 is 6.18 Å². The van der Waals surface area contributed by atoms with Crippen LogP contribution in [0.1, 0.15) is 5.82 Å². The third-order valence-electron chi connectivity index (χ3n) is 1.71. The van der Waals surface area contributed by atoms with Crippen LogP contribution in [-0.4, -0.2) is 42.1 Å². The number of hydrogen-bond donors (Lipinski definition) is 0. The maximum Gasteiger partial charge on any atom is 0.451 e. The highest BCUT2D eigenvalue weighted by Gasteiger charge is 2.35. The Kier molecular flexibility index (Phi) is 4.53. The molecule has 0 bridgehead atoms. The molecular weight excluding hydrogens is 259 g/mol. The van der Waals surface area contributed by atoms with Gasteiger partial charge in [0.1, 0.15) is 11.8 Å². The second-order valence-electron chi connectivity index (χ2n) is 3.50. The monoisotopic (exact) mass is 269 g/mol. The molecule has 0 unspecified atom stereocenters. The lowest BCUT2D eigenvalue weighted by Gasteiger charge is -2.11. The van der Waals surface area contributed by atoms with Gasteiger partial charge in [0.25, 0.3) is 0 Å². The Morgan fingerprint density at radius 1 is 1.35 bits per heavy atom. The van der Waals surface area contributed by atoms with E-state index in [9.17, 15) is 13.2 Å². The molecular formula is C9H11ClF3N3O. The Hall–Kier alpha value is -1.08. The van der Waals surface area contributed by atoms with Crippen LogP contribution in [0.25, 0.3) is 0 Å². The molecule has 8 heteroatoms. The molecule has 0 spiro atoms. The zero-order chi connectivity index (χ0) is 13.1. The van der Waals surface area contributed by atoms with Gasteiger partial charge in [0.15, 0.2) is 0 Å². The van der Waals surface area contributed by atoms with Crippen molar-refractivity contribution in [3.05, 3.63) is 17.0 Å². The van der Waals surface area contributed by atoms with E-state index < -0.39 is 12.0 Å². The fraction of sp³-hybridized carbons (Fsp3) is 0.556. The maximum atomic E-state index is 12.4. The molecule has 0 atom stereocenters. The van der Waals surface area contributed by atoms with Gasteiger partial charge in [0.2, 0.25) is 11.7 Å². The zero-order valence-corrected chi connectivity index (χ0v) is 10.0. The molecule has 0 aliphatic carbocycles. The SMILES string of the molecule is CN(C)CCOc1cc(Cl)nc(C(F)(F)F)n1. The van der Waals surface area contributed by atoms with Crippen molar-refractivity contribution in [1.29, 1.82) is 0 Å². The van der Waals surface area contributed by atoms with Gasteiger partial charge in [-0.25, -0.2) is 4.98 Å². The van der Waals surface area contributed by atoms with Crippen molar-refractivity contribution in [1.82, 2.24) is 14.9 Å². The second-order valence-corrected chi connectivity index (χ2v) is 3.89. The van der Waals surface area contributed by atoms with Crippen LogP contribution < -0.4 is 4.74 Å². The van der Waals surface area contributed by atoms with Gasteiger partial charge in [-0.1, -0.05) is 11.6 Å². The first-order chi connectivity index (χ1) is 7.79. The van der Waals surface area contributed by atoms with Crippen molar-refractivity contribution in [2.75, 3.05) is 27.2 Å². The van der Waals surface area contributed by atoms with Gasteiger partial charge in [-0.05, 0) is 14.1 Å². The molecule has 1 aromatic rings. The Bertz CT molecular complexity index is 384. The molecule has 0 aromatic carbocycles. The van der Waals surface area contributed by atoms with Crippen molar-refractivity contribution in [2.24, 2.45) is 0 Å². The molecule has 96 valence electrons. The predicted octanol–water partition coefficient (Wildman–Crippen LogP) is 2.09. The van der Waals surface area contributed by atoms with Crippen LogP contribution in [0, 0.1) is 0 Å². The normalized spacial score (nSPS) is 11.9. The van der Waals surface area contributed by atoms with Crippen molar-refractivity contribution >= 4 is 11.6 Å². The van der Waals surface area contributed by atoms with E-state index in [1.54, 1.807) is 0 Å². The van der Waals surface area contributed by atoms with Crippen LogP contribution in [-0.2, 0) is 6.18 Å². The highest BCUT2D eigenvalue weighted by Crippen LogP contribution is 2.28. The standard InChI is InChI=1S/C9H11ClF3N3O/c1-16(2)3-4-17-7-5-6(10)14-8(15-7)9(11,12)13/h5H,3-4H2,1-2H3. The highest BCUT2D eigenvalue weighted by atomic mass is 35.5. The third-order valence-corrected chi connectivity index (χ3v) is 1.91. The molecule has 1 rings (SSSR count). The van der Waals surface area contributed by atoms with E-state index in [-0.39, 0.29) is 17.6 Å². The number of alkyl halides is 3. The lowest BCUT2D eigenvalue weighted by molar-refractivity contribution is -0.145. The number of nitrogens with zero attached hydrogens (tertiary/aromatic N) is 3. The molecule has 0 radical (unpaired) electrons. The van der Waals surface area contributed by atoms with Crippen LogP contribution in [0.4, 0.5) is 13.2 Å². The molecule has 0 N–H and O–H groups in total. The first-order valence-corrected chi connectivity index (χ1v) is 5.06. The van der Waals surface area contributed by atoms with Crippen molar-refractivity contribution in [3.8, 4) is 5.88 Å². The molecule has 0 fully saturated rings.